The van der Waals surface area contributed by atoms with Crippen molar-refractivity contribution in [2.75, 3.05) is 6.61 Å². The molecule has 0 heterocycles. The summed E-state index contributed by atoms with van der Waals surface area (Å²) in [6, 6.07) is 0. The fourth-order valence-corrected chi connectivity index (χ4v) is 3.10. The van der Waals surface area contributed by atoms with Crippen molar-refractivity contribution in [2.24, 2.45) is 0 Å². The number of hydrogen-bond donors (Lipinski definition) is 0. The predicted molar refractivity (Wildman–Crippen MR) is 116 cm³/mol. The molecule has 0 aromatic rings. The normalized spacial score (nSPS) is 11.7. The summed E-state index contributed by atoms with van der Waals surface area (Å²) in [5.74, 6) is -0.765. The van der Waals surface area contributed by atoms with Crippen LogP contribution in [0.4, 0.5) is 0 Å². The molecule has 0 saturated heterocycles. The molecule has 0 aromatic heterocycles. The quantitative estimate of drug-likeness (QED) is 0.0823. The summed E-state index contributed by atoms with van der Waals surface area (Å²) in [7, 11) is 0. The number of carbonyl (C=O) groups is 2. The Hall–Kier alpha value is -1.58. The Morgan fingerprint density at radius 1 is 0.750 bits per heavy atom. The summed E-state index contributed by atoms with van der Waals surface area (Å²) in [6.45, 7) is 9.08. The molecule has 0 rings (SSSR count). The van der Waals surface area contributed by atoms with Crippen LogP contribution in [0.5, 0.6) is 0 Å². The first kappa shape index (κ1) is 26.4. The number of hydrogen-bond acceptors (Lipinski definition) is 4. The first-order valence-corrected chi connectivity index (χ1v) is 11.2. The van der Waals surface area contributed by atoms with Gasteiger partial charge in [0.15, 0.2) is 0 Å². The van der Waals surface area contributed by atoms with E-state index in [1.165, 1.54) is 90.0 Å². The Kier molecular flexibility index (Phi) is 17.7. The topological polar surface area (TPSA) is 52.6 Å². The molecule has 0 aliphatic carbocycles. The number of ether oxygens (including phenoxy) is 2. The molecule has 0 aliphatic rings. The molecule has 0 fully saturated rings. The van der Waals surface area contributed by atoms with E-state index >= 15 is 0 Å². The minimum atomic E-state index is -0.478. The molecule has 162 valence electrons. The molecule has 28 heavy (non-hydrogen) atoms. The van der Waals surface area contributed by atoms with Crippen molar-refractivity contribution in [3.05, 3.63) is 24.0 Å². The Morgan fingerprint density at radius 2 is 1.18 bits per heavy atom. The van der Waals surface area contributed by atoms with Gasteiger partial charge >= 0.3 is 11.9 Å². The molecular formula is C24H42O4. The van der Waals surface area contributed by atoms with Crippen LogP contribution in [0.1, 0.15) is 111 Å². The van der Waals surface area contributed by atoms with E-state index in [0.717, 1.165) is 12.8 Å². The van der Waals surface area contributed by atoms with Gasteiger partial charge in [0, 0.05) is 6.92 Å². The molecule has 0 radical (unpaired) electrons. The molecule has 0 aliphatic heterocycles. The van der Waals surface area contributed by atoms with Gasteiger partial charge in [0.1, 0.15) is 5.76 Å². The summed E-state index contributed by atoms with van der Waals surface area (Å²) in [5, 5.41) is 0. The lowest BCUT2D eigenvalue weighted by Gasteiger charge is -2.08. The molecule has 0 spiro atoms. The van der Waals surface area contributed by atoms with E-state index in [1.807, 2.05) is 0 Å². The molecule has 0 aromatic carbocycles. The van der Waals surface area contributed by atoms with Crippen LogP contribution in [-0.2, 0) is 19.1 Å². The van der Waals surface area contributed by atoms with Crippen LogP contribution < -0.4 is 0 Å². The number of allylic oxidation sites excluding steroid dienone is 1. The highest BCUT2D eigenvalue weighted by molar-refractivity contribution is 5.89. The molecule has 0 atom stereocenters. The zero-order chi connectivity index (χ0) is 21.0. The van der Waals surface area contributed by atoms with Crippen LogP contribution in [-0.4, -0.2) is 18.5 Å². The highest BCUT2D eigenvalue weighted by atomic mass is 16.5. The number of rotatable bonds is 18. The van der Waals surface area contributed by atoms with Gasteiger partial charge in [-0.25, -0.2) is 4.79 Å². The minimum Gasteiger partial charge on any atom is -0.462 e. The number of carbonyl (C=O) groups excluding carboxylic acids is 2. The van der Waals surface area contributed by atoms with Gasteiger partial charge in [0.05, 0.1) is 12.2 Å². The van der Waals surface area contributed by atoms with E-state index in [9.17, 15) is 9.59 Å². The van der Waals surface area contributed by atoms with E-state index in [0.29, 0.717) is 6.61 Å². The van der Waals surface area contributed by atoms with Crippen molar-refractivity contribution in [3.8, 4) is 0 Å². The maximum atomic E-state index is 11.9. The summed E-state index contributed by atoms with van der Waals surface area (Å²) in [4.78, 5) is 22.9. The fourth-order valence-electron chi connectivity index (χ4n) is 3.10. The molecule has 0 saturated carbocycles. The Bertz CT molecular complexity index is 465. The van der Waals surface area contributed by atoms with Gasteiger partial charge in [-0.1, -0.05) is 97.0 Å². The molecule has 0 amide bonds. The first-order valence-electron chi connectivity index (χ1n) is 11.2. The number of esters is 2. The van der Waals surface area contributed by atoms with E-state index < -0.39 is 11.9 Å². The zero-order valence-corrected chi connectivity index (χ0v) is 18.5. The third-order valence-electron chi connectivity index (χ3n) is 4.85. The van der Waals surface area contributed by atoms with Gasteiger partial charge in [-0.15, -0.1) is 0 Å². The maximum absolute atomic E-state index is 11.9. The smallest absolute Gasteiger partial charge is 0.337 e. The van der Waals surface area contributed by atoms with Crippen LogP contribution in [0, 0.1) is 0 Å². The second-order valence-electron chi connectivity index (χ2n) is 7.52. The lowest BCUT2D eigenvalue weighted by Crippen LogP contribution is -2.11. The molecular weight excluding hydrogens is 352 g/mol. The SMILES string of the molecule is C=CC(OC(C)=O)=C(C)C(=O)OCCCCCCCCCCCCCCCC. The summed E-state index contributed by atoms with van der Waals surface area (Å²) in [5.41, 5.74) is 0.274. The third kappa shape index (κ3) is 15.5. The van der Waals surface area contributed by atoms with E-state index in [-0.39, 0.29) is 11.3 Å². The zero-order valence-electron chi connectivity index (χ0n) is 18.5. The second kappa shape index (κ2) is 18.8. The Morgan fingerprint density at radius 3 is 1.57 bits per heavy atom. The Balaban J connectivity index is 3.54. The van der Waals surface area contributed by atoms with Crippen LogP contribution in [0.2, 0.25) is 0 Å². The average molecular weight is 395 g/mol. The van der Waals surface area contributed by atoms with Crippen molar-refractivity contribution in [3.63, 3.8) is 0 Å². The summed E-state index contributed by atoms with van der Waals surface area (Å²) in [6.07, 6.45) is 19.5. The predicted octanol–water partition coefficient (Wildman–Crippen LogP) is 7.03. The monoisotopic (exact) mass is 394 g/mol. The highest BCUT2D eigenvalue weighted by Gasteiger charge is 2.12. The van der Waals surface area contributed by atoms with Crippen molar-refractivity contribution in [1.82, 2.24) is 0 Å². The summed E-state index contributed by atoms with van der Waals surface area (Å²) < 4.78 is 10.2. The lowest BCUT2D eigenvalue weighted by atomic mass is 10.0. The maximum Gasteiger partial charge on any atom is 0.337 e. The van der Waals surface area contributed by atoms with Crippen LogP contribution in [0.25, 0.3) is 0 Å². The van der Waals surface area contributed by atoms with Gasteiger partial charge in [-0.3, -0.25) is 4.79 Å². The number of unbranched alkanes of at least 4 members (excludes halogenated alkanes) is 13. The van der Waals surface area contributed by atoms with Crippen molar-refractivity contribution < 1.29 is 19.1 Å². The van der Waals surface area contributed by atoms with E-state index in [4.69, 9.17) is 9.47 Å². The standard InChI is InChI=1S/C24H42O4/c1-5-7-8-9-10-11-12-13-14-15-16-17-18-19-20-27-24(26)21(3)23(6-2)28-22(4)25/h6H,2,5,7-20H2,1,3-4H3. The molecule has 4 heteroatoms. The molecule has 0 bridgehead atoms. The van der Waals surface area contributed by atoms with Gasteiger partial charge in [0.25, 0.3) is 0 Å². The van der Waals surface area contributed by atoms with E-state index in [2.05, 4.69) is 13.5 Å². The third-order valence-corrected chi connectivity index (χ3v) is 4.85. The van der Waals surface area contributed by atoms with Gasteiger partial charge in [-0.2, -0.15) is 0 Å². The second-order valence-corrected chi connectivity index (χ2v) is 7.52. The van der Waals surface area contributed by atoms with Crippen molar-refractivity contribution in [2.45, 2.75) is 111 Å². The average Bonchev–Trinajstić information content (AvgIpc) is 2.68. The van der Waals surface area contributed by atoms with Crippen LogP contribution in [0.3, 0.4) is 0 Å². The van der Waals surface area contributed by atoms with Crippen LogP contribution in [0.15, 0.2) is 24.0 Å². The highest BCUT2D eigenvalue weighted by Crippen LogP contribution is 2.13. The van der Waals surface area contributed by atoms with Crippen molar-refractivity contribution in [1.29, 1.82) is 0 Å². The van der Waals surface area contributed by atoms with Gasteiger partial charge in [0.2, 0.25) is 0 Å². The minimum absolute atomic E-state index is 0.165. The van der Waals surface area contributed by atoms with Crippen LogP contribution >= 0.6 is 0 Å². The Labute approximate surface area is 172 Å². The fraction of sp³-hybridized carbons (Fsp3) is 0.750. The molecule has 0 N–H and O–H groups in total. The van der Waals surface area contributed by atoms with E-state index in [1.54, 1.807) is 6.92 Å². The van der Waals surface area contributed by atoms with Gasteiger partial charge < -0.3 is 9.47 Å². The molecule has 4 nitrogen and oxygen atoms in total. The van der Waals surface area contributed by atoms with Crippen molar-refractivity contribution >= 4 is 11.9 Å². The first-order chi connectivity index (χ1) is 13.5. The largest absolute Gasteiger partial charge is 0.462 e. The van der Waals surface area contributed by atoms with Gasteiger partial charge in [-0.05, 0) is 19.4 Å². The lowest BCUT2D eigenvalue weighted by molar-refractivity contribution is -0.139. The summed E-state index contributed by atoms with van der Waals surface area (Å²) >= 11 is 0. The molecule has 0 unspecified atom stereocenters.